The second-order valence-electron chi connectivity index (χ2n) is 2.60. The Kier molecular flexibility index (Phi) is 3.95. The van der Waals surface area contributed by atoms with Crippen LogP contribution in [0.1, 0.15) is 18.4 Å². The summed E-state index contributed by atoms with van der Waals surface area (Å²) in [6.07, 6.45) is 0.971. The zero-order valence-corrected chi connectivity index (χ0v) is 10.9. The number of carbonyl (C=O) groups is 1. The van der Waals surface area contributed by atoms with E-state index in [1.54, 1.807) is 0 Å². The van der Waals surface area contributed by atoms with Crippen molar-refractivity contribution in [1.29, 1.82) is 0 Å². The largest absolute Gasteiger partial charge is 0.303 e. The second-order valence-corrected chi connectivity index (χ2v) is 4.92. The molecule has 0 aromatic heterocycles. The zero-order chi connectivity index (χ0) is 9.14. The summed E-state index contributed by atoms with van der Waals surface area (Å²) in [5.74, 6) is 0.00974. The van der Waals surface area contributed by atoms with Crippen molar-refractivity contribution in [3.05, 3.63) is 30.9 Å². The summed E-state index contributed by atoms with van der Waals surface area (Å²) in [5, 5.41) is 0. The first-order valence-electron chi connectivity index (χ1n) is 3.55. The molecule has 0 aliphatic rings. The van der Waals surface area contributed by atoms with E-state index in [9.17, 15) is 4.79 Å². The molecule has 0 aliphatic heterocycles. The molecule has 0 spiro atoms. The maximum atomic E-state index is 10.5. The van der Waals surface area contributed by atoms with Crippen LogP contribution in [0.4, 0.5) is 0 Å². The first kappa shape index (κ1) is 10.4. The van der Waals surface area contributed by atoms with Gasteiger partial charge in [0.2, 0.25) is 0 Å². The van der Waals surface area contributed by atoms with E-state index in [4.69, 9.17) is 0 Å². The average Bonchev–Trinajstić information content (AvgIpc) is 2.08. The topological polar surface area (TPSA) is 17.1 Å². The van der Waals surface area contributed by atoms with Gasteiger partial charge in [0.05, 0.1) is 0 Å². The Morgan fingerprint density at radius 1 is 1.33 bits per heavy atom. The number of rotatable bonds is 2. The number of halogens is 2. The first-order chi connectivity index (χ1) is 5.65. The van der Waals surface area contributed by atoms with Gasteiger partial charge >= 0.3 is 0 Å². The van der Waals surface area contributed by atoms with Crippen molar-refractivity contribution in [2.75, 3.05) is 0 Å². The summed E-state index contributed by atoms with van der Waals surface area (Å²) < 4.78 is 2.44. The SMILES string of the molecule is CC(C=O)c1ccc(I)c(I)c1. The van der Waals surface area contributed by atoms with E-state index in [1.165, 1.54) is 7.14 Å². The molecular weight excluding hydrogens is 378 g/mol. The van der Waals surface area contributed by atoms with Crippen LogP contribution in [-0.2, 0) is 4.79 Å². The highest BCUT2D eigenvalue weighted by atomic mass is 127. The molecule has 1 aromatic carbocycles. The van der Waals surface area contributed by atoms with Gasteiger partial charge < -0.3 is 4.79 Å². The fourth-order valence-corrected chi connectivity index (χ4v) is 1.75. The van der Waals surface area contributed by atoms with Gasteiger partial charge in [-0.3, -0.25) is 0 Å². The first-order valence-corrected chi connectivity index (χ1v) is 5.71. The predicted octanol–water partition coefficient (Wildman–Crippen LogP) is 3.20. The van der Waals surface area contributed by atoms with Crippen molar-refractivity contribution >= 4 is 51.5 Å². The fourth-order valence-electron chi connectivity index (χ4n) is 0.874. The third kappa shape index (κ3) is 2.42. The molecule has 1 rings (SSSR count). The predicted molar refractivity (Wildman–Crippen MR) is 66.4 cm³/mol. The van der Waals surface area contributed by atoms with E-state index in [0.717, 1.165) is 11.8 Å². The minimum Gasteiger partial charge on any atom is -0.303 e. The van der Waals surface area contributed by atoms with Crippen LogP contribution in [0.5, 0.6) is 0 Å². The van der Waals surface area contributed by atoms with Crippen molar-refractivity contribution < 1.29 is 4.79 Å². The molecule has 0 fully saturated rings. The van der Waals surface area contributed by atoms with Crippen molar-refractivity contribution in [3.63, 3.8) is 0 Å². The van der Waals surface area contributed by atoms with E-state index in [0.29, 0.717) is 0 Å². The van der Waals surface area contributed by atoms with Gasteiger partial charge in [-0.1, -0.05) is 13.0 Å². The van der Waals surface area contributed by atoms with Gasteiger partial charge in [-0.25, -0.2) is 0 Å². The highest BCUT2D eigenvalue weighted by Gasteiger charge is 2.04. The van der Waals surface area contributed by atoms with Gasteiger partial charge in [0.15, 0.2) is 0 Å². The summed E-state index contributed by atoms with van der Waals surface area (Å²) >= 11 is 4.56. The molecule has 0 saturated heterocycles. The van der Waals surface area contributed by atoms with Crippen LogP contribution in [0.25, 0.3) is 0 Å². The Balaban J connectivity index is 3.04. The molecule has 0 N–H and O–H groups in total. The number of carbonyl (C=O) groups excluding carboxylic acids is 1. The fraction of sp³-hybridized carbons (Fsp3) is 0.222. The number of aldehydes is 1. The van der Waals surface area contributed by atoms with Gasteiger partial charge in [0.1, 0.15) is 6.29 Å². The van der Waals surface area contributed by atoms with Crippen LogP contribution < -0.4 is 0 Å². The van der Waals surface area contributed by atoms with Crippen molar-refractivity contribution in [2.24, 2.45) is 0 Å². The van der Waals surface area contributed by atoms with Crippen LogP contribution in [0, 0.1) is 7.14 Å². The average molecular weight is 386 g/mol. The summed E-state index contributed by atoms with van der Waals surface area (Å²) in [6.45, 7) is 1.91. The molecular formula is C9H8I2O. The van der Waals surface area contributed by atoms with Gasteiger partial charge in [0.25, 0.3) is 0 Å². The minimum atomic E-state index is 0.00974. The smallest absolute Gasteiger partial charge is 0.127 e. The van der Waals surface area contributed by atoms with Crippen LogP contribution in [-0.4, -0.2) is 6.29 Å². The van der Waals surface area contributed by atoms with Crippen molar-refractivity contribution in [2.45, 2.75) is 12.8 Å². The Labute approximate surface area is 99.2 Å². The quantitative estimate of drug-likeness (QED) is 0.564. The lowest BCUT2D eigenvalue weighted by Crippen LogP contribution is -1.95. The third-order valence-electron chi connectivity index (χ3n) is 1.67. The molecule has 1 aromatic rings. The Bertz CT molecular complexity index is 297. The Morgan fingerprint density at radius 2 is 2.00 bits per heavy atom. The van der Waals surface area contributed by atoms with E-state index in [2.05, 4.69) is 51.2 Å². The standard InChI is InChI=1S/C9H8I2O/c1-6(5-12)7-2-3-8(10)9(11)4-7/h2-6H,1H3. The van der Waals surface area contributed by atoms with Crippen LogP contribution in [0.15, 0.2) is 18.2 Å². The maximum absolute atomic E-state index is 10.5. The van der Waals surface area contributed by atoms with Crippen LogP contribution in [0.3, 0.4) is 0 Å². The Hall–Kier alpha value is 0.350. The number of hydrogen-bond acceptors (Lipinski definition) is 1. The van der Waals surface area contributed by atoms with Gasteiger partial charge in [-0.05, 0) is 62.9 Å². The molecule has 0 saturated carbocycles. The van der Waals surface area contributed by atoms with E-state index < -0.39 is 0 Å². The van der Waals surface area contributed by atoms with Gasteiger partial charge in [-0.2, -0.15) is 0 Å². The Morgan fingerprint density at radius 3 is 2.50 bits per heavy atom. The molecule has 64 valence electrons. The lowest BCUT2D eigenvalue weighted by Gasteiger charge is -2.04. The second kappa shape index (κ2) is 4.55. The molecule has 3 heteroatoms. The highest BCUT2D eigenvalue weighted by molar-refractivity contribution is 14.1. The summed E-state index contributed by atoms with van der Waals surface area (Å²) in [7, 11) is 0. The molecule has 0 heterocycles. The molecule has 0 bridgehead atoms. The monoisotopic (exact) mass is 386 g/mol. The molecule has 0 radical (unpaired) electrons. The van der Waals surface area contributed by atoms with Crippen LogP contribution >= 0.6 is 45.2 Å². The van der Waals surface area contributed by atoms with E-state index in [1.807, 2.05) is 19.1 Å². The lowest BCUT2D eigenvalue weighted by atomic mass is 10.0. The molecule has 1 atom stereocenters. The van der Waals surface area contributed by atoms with E-state index >= 15 is 0 Å². The van der Waals surface area contributed by atoms with Crippen molar-refractivity contribution in [1.82, 2.24) is 0 Å². The highest BCUT2D eigenvalue weighted by Crippen LogP contribution is 2.20. The molecule has 0 aliphatic carbocycles. The lowest BCUT2D eigenvalue weighted by molar-refractivity contribution is -0.108. The molecule has 1 unspecified atom stereocenters. The number of hydrogen-bond donors (Lipinski definition) is 0. The molecule has 0 amide bonds. The van der Waals surface area contributed by atoms with Crippen LogP contribution in [0.2, 0.25) is 0 Å². The van der Waals surface area contributed by atoms with E-state index in [-0.39, 0.29) is 5.92 Å². The van der Waals surface area contributed by atoms with Gasteiger partial charge in [-0.15, -0.1) is 0 Å². The molecule has 1 nitrogen and oxygen atoms in total. The zero-order valence-electron chi connectivity index (χ0n) is 6.55. The summed E-state index contributed by atoms with van der Waals surface area (Å²) in [6, 6.07) is 6.10. The normalized spacial score (nSPS) is 12.6. The number of benzene rings is 1. The summed E-state index contributed by atoms with van der Waals surface area (Å²) in [5.41, 5.74) is 1.09. The summed E-state index contributed by atoms with van der Waals surface area (Å²) in [4.78, 5) is 10.5. The molecule has 12 heavy (non-hydrogen) atoms. The maximum Gasteiger partial charge on any atom is 0.127 e. The third-order valence-corrected chi connectivity index (χ3v) is 4.54. The minimum absolute atomic E-state index is 0.00974. The van der Waals surface area contributed by atoms with Crippen molar-refractivity contribution in [3.8, 4) is 0 Å². The van der Waals surface area contributed by atoms with Gasteiger partial charge in [0, 0.05) is 13.1 Å².